The highest BCUT2D eigenvalue weighted by Crippen LogP contribution is 2.76. The molecule has 3 heterocycles. The molecule has 1 unspecified atom stereocenters. The lowest BCUT2D eigenvalue weighted by Crippen LogP contribution is -2.68. The first-order valence-electron chi connectivity index (χ1n) is 24.3. The maximum absolute atomic E-state index is 11.9. The molecule has 0 radical (unpaired) electrons. The molecular formula is C48H78O18. The Morgan fingerprint density at radius 1 is 0.682 bits per heavy atom. The molecule has 8 rings (SSSR count). The Bertz CT molecular complexity index is 1820. The zero-order valence-corrected chi connectivity index (χ0v) is 39.7. The van der Waals surface area contributed by atoms with Crippen molar-refractivity contribution in [3.8, 4) is 0 Å². The van der Waals surface area contributed by atoms with Crippen LogP contribution in [-0.4, -0.2) is 180 Å². The van der Waals surface area contributed by atoms with Gasteiger partial charge in [0.1, 0.15) is 61.0 Å². The maximum atomic E-state index is 11.9. The minimum atomic E-state index is -2.07. The summed E-state index contributed by atoms with van der Waals surface area (Å²) >= 11 is 0. The van der Waals surface area contributed by atoms with Crippen LogP contribution >= 0.6 is 0 Å². The van der Waals surface area contributed by atoms with E-state index in [9.17, 15) is 61.0 Å². The van der Waals surface area contributed by atoms with Gasteiger partial charge in [-0.15, -0.1) is 0 Å². The van der Waals surface area contributed by atoms with E-state index in [0.717, 1.165) is 51.4 Å². The van der Waals surface area contributed by atoms with Crippen molar-refractivity contribution in [1.29, 1.82) is 0 Å². The van der Waals surface area contributed by atoms with Gasteiger partial charge in [0.05, 0.1) is 31.5 Å². The van der Waals surface area contributed by atoms with Crippen LogP contribution in [0, 0.1) is 50.2 Å². The number of ether oxygens (including phenoxy) is 6. The molecule has 8 aliphatic rings. The van der Waals surface area contributed by atoms with E-state index in [1.807, 2.05) is 6.92 Å². The van der Waals surface area contributed by atoms with Crippen molar-refractivity contribution >= 4 is 5.97 Å². The van der Waals surface area contributed by atoms with E-state index in [1.54, 1.807) is 12.5 Å². The second-order valence-corrected chi connectivity index (χ2v) is 23.6. The molecule has 0 aromatic heterocycles. The number of carboxylic acid groups (broad SMARTS) is 1. The smallest absolute Gasteiger partial charge is 0.335 e. The van der Waals surface area contributed by atoms with Crippen LogP contribution < -0.4 is 0 Å². The summed E-state index contributed by atoms with van der Waals surface area (Å²) in [6.45, 7) is 16.7. The van der Waals surface area contributed by atoms with Crippen molar-refractivity contribution in [3.63, 3.8) is 0 Å². The van der Waals surface area contributed by atoms with E-state index >= 15 is 0 Å². The minimum Gasteiger partial charge on any atom is -0.479 e. The molecule has 25 atom stereocenters. The van der Waals surface area contributed by atoms with E-state index in [0.29, 0.717) is 18.3 Å². The van der Waals surface area contributed by atoms with Crippen LogP contribution in [0.3, 0.4) is 0 Å². The first-order chi connectivity index (χ1) is 30.7. The third kappa shape index (κ3) is 7.78. The van der Waals surface area contributed by atoms with Gasteiger partial charge in [0, 0.05) is 5.41 Å². The quantitative estimate of drug-likeness (QED) is 0.112. The molecule has 378 valence electrons. The van der Waals surface area contributed by atoms with Gasteiger partial charge in [0.25, 0.3) is 0 Å². The number of carboxylic acids is 1. The fourth-order valence-electron chi connectivity index (χ4n) is 15.0. The lowest BCUT2D eigenvalue weighted by Gasteiger charge is -2.71. The molecule has 18 nitrogen and oxygen atoms in total. The summed E-state index contributed by atoms with van der Waals surface area (Å²) < 4.78 is 36.3. The molecule has 0 amide bonds. The second kappa shape index (κ2) is 17.7. The van der Waals surface area contributed by atoms with Gasteiger partial charge >= 0.3 is 5.97 Å². The Morgan fingerprint density at radius 3 is 1.95 bits per heavy atom. The standard InChI is InChI=1S/C48H78O18/c1-21-29(52)32(55)37(66-42-38(33(56)30(53)24(19-49)62-42)65-40-35(58)31(54)34(57)36(64-40)39(59)60)41(61-21)63-28-12-13-45(5)25(46(28,6)20-50)11-14-48(8)26(45)10-9-22-23-17-43(2,3)27(51)18-44(23,4)15-16-47(22,48)7/h9,21,23-38,40-42,49-58H,10-20H2,1-8H3,(H,59,60)/t21-,23-,24+,25+,26+,27+,28-,29-,30-,31-,32+,33-,34-,35+,36-,37+,38+,40-,41-,42-,44-,45-,46?,47+,48+/m0/s1. The fourth-order valence-corrected chi connectivity index (χ4v) is 15.0. The van der Waals surface area contributed by atoms with Gasteiger partial charge in [0.15, 0.2) is 25.0 Å². The number of rotatable bonds is 9. The van der Waals surface area contributed by atoms with Crippen molar-refractivity contribution in [3.05, 3.63) is 11.6 Å². The van der Waals surface area contributed by atoms with Crippen LogP contribution in [0.25, 0.3) is 0 Å². The average molecular weight is 943 g/mol. The lowest BCUT2D eigenvalue weighted by molar-refractivity contribution is -0.396. The second-order valence-electron chi connectivity index (χ2n) is 23.6. The SMILES string of the molecule is C[C@@H]1O[C@@H](O[C@H]2CC[C@]3(C)[C@H]4CC=C5[C@@H]6CC(C)(C)[C@H](O)C[C@]6(C)CC[C@@]5(C)[C@]4(C)CC[C@H]3C2(C)CO)[C@H](O[C@@H]2O[C@H](CO)[C@H](O)[C@H](O)[C@H]2O[C@@H]2O[C@H](C(=O)O)[C@@H](O)[C@H](O)[C@H]2O)[C@H](O)[C@H]1O. The molecule has 7 fully saturated rings. The molecule has 0 aromatic carbocycles. The van der Waals surface area contributed by atoms with E-state index in [1.165, 1.54) is 0 Å². The molecule has 3 aliphatic heterocycles. The Labute approximate surface area is 387 Å². The van der Waals surface area contributed by atoms with Crippen LogP contribution in [0.1, 0.15) is 113 Å². The Balaban J connectivity index is 1.05. The van der Waals surface area contributed by atoms with Crippen molar-refractivity contribution in [2.45, 2.75) is 218 Å². The third-order valence-electron chi connectivity index (χ3n) is 19.6. The Kier molecular flexibility index (Phi) is 13.7. The number of hydrogen-bond acceptors (Lipinski definition) is 17. The van der Waals surface area contributed by atoms with Crippen molar-refractivity contribution in [2.75, 3.05) is 13.2 Å². The number of aliphatic carboxylic acids is 1. The third-order valence-corrected chi connectivity index (χ3v) is 19.6. The number of aliphatic hydroxyl groups excluding tert-OH is 10. The van der Waals surface area contributed by atoms with Gasteiger partial charge in [-0.05, 0) is 110 Å². The summed E-state index contributed by atoms with van der Waals surface area (Å²) in [6.07, 6.45) is -17.1. The molecule has 3 saturated heterocycles. The maximum Gasteiger partial charge on any atom is 0.335 e. The highest BCUT2D eigenvalue weighted by Gasteiger charge is 2.69. The molecule has 66 heavy (non-hydrogen) atoms. The Morgan fingerprint density at radius 2 is 1.32 bits per heavy atom. The predicted octanol–water partition coefficient (Wildman–Crippen LogP) is 0.705. The molecule has 0 bridgehead atoms. The number of hydrogen-bond donors (Lipinski definition) is 11. The van der Waals surface area contributed by atoms with E-state index in [4.69, 9.17) is 28.4 Å². The summed E-state index contributed by atoms with van der Waals surface area (Å²) in [7, 11) is 0. The van der Waals surface area contributed by atoms with Crippen LogP contribution in [0.2, 0.25) is 0 Å². The van der Waals surface area contributed by atoms with Gasteiger partial charge in [-0.1, -0.05) is 60.1 Å². The van der Waals surface area contributed by atoms with Gasteiger partial charge in [-0.2, -0.15) is 0 Å². The van der Waals surface area contributed by atoms with Crippen molar-refractivity contribution < 1.29 is 89.4 Å². The summed E-state index contributed by atoms with van der Waals surface area (Å²) in [6, 6.07) is 0. The van der Waals surface area contributed by atoms with Gasteiger partial charge in [0.2, 0.25) is 0 Å². The number of fused-ring (bicyclic) bond motifs is 7. The van der Waals surface area contributed by atoms with Gasteiger partial charge < -0.3 is 84.6 Å². The summed E-state index contributed by atoms with van der Waals surface area (Å²) in [5.41, 5.74) is 0.362. The Hall–Kier alpha value is -1.43. The van der Waals surface area contributed by atoms with Crippen LogP contribution in [-0.2, 0) is 33.2 Å². The van der Waals surface area contributed by atoms with Crippen molar-refractivity contribution in [2.24, 2.45) is 50.2 Å². The largest absolute Gasteiger partial charge is 0.479 e. The van der Waals surface area contributed by atoms with Crippen LogP contribution in [0.15, 0.2) is 11.6 Å². The first-order valence-corrected chi connectivity index (χ1v) is 24.3. The lowest BCUT2D eigenvalue weighted by atomic mass is 9.33. The molecule has 18 heteroatoms. The predicted molar refractivity (Wildman–Crippen MR) is 231 cm³/mol. The fraction of sp³-hybridized carbons (Fsp3) is 0.938. The van der Waals surface area contributed by atoms with E-state index in [2.05, 4.69) is 47.6 Å². The molecular weight excluding hydrogens is 865 g/mol. The van der Waals surface area contributed by atoms with Gasteiger partial charge in [-0.25, -0.2) is 4.79 Å². The number of aliphatic hydroxyl groups is 10. The zero-order chi connectivity index (χ0) is 48.4. The molecule has 0 spiro atoms. The molecule has 5 aliphatic carbocycles. The van der Waals surface area contributed by atoms with E-state index < -0.39 is 116 Å². The highest BCUT2D eigenvalue weighted by atomic mass is 16.8. The number of allylic oxidation sites excluding steroid dienone is 2. The summed E-state index contributed by atoms with van der Waals surface area (Å²) in [5.74, 6) is -0.985. The normalized spacial score (nSPS) is 55.9. The van der Waals surface area contributed by atoms with Crippen LogP contribution in [0.5, 0.6) is 0 Å². The first kappa shape index (κ1) is 50.9. The van der Waals surface area contributed by atoms with Gasteiger partial charge in [-0.3, -0.25) is 0 Å². The summed E-state index contributed by atoms with van der Waals surface area (Å²) in [5, 5.41) is 119. The summed E-state index contributed by atoms with van der Waals surface area (Å²) in [4.78, 5) is 11.9. The number of carbonyl (C=O) groups is 1. The zero-order valence-electron chi connectivity index (χ0n) is 39.7. The topological polar surface area (TPSA) is 295 Å². The monoisotopic (exact) mass is 943 g/mol. The molecule has 4 saturated carbocycles. The molecule has 11 N–H and O–H groups in total. The molecule has 0 aromatic rings. The van der Waals surface area contributed by atoms with Crippen LogP contribution in [0.4, 0.5) is 0 Å². The van der Waals surface area contributed by atoms with E-state index in [-0.39, 0.29) is 45.7 Å². The highest BCUT2D eigenvalue weighted by molar-refractivity contribution is 5.73. The van der Waals surface area contributed by atoms with Crippen molar-refractivity contribution in [1.82, 2.24) is 0 Å². The average Bonchev–Trinajstić information content (AvgIpc) is 3.25. The minimum absolute atomic E-state index is 0.00529.